The molecule has 0 aliphatic carbocycles. The second kappa shape index (κ2) is 5.28. The summed E-state index contributed by atoms with van der Waals surface area (Å²) in [5.74, 6) is 0.351. The first kappa shape index (κ1) is 12.1. The van der Waals surface area contributed by atoms with Crippen molar-refractivity contribution in [2.75, 3.05) is 11.4 Å². The molecular formula is C14H12FN3. The van der Waals surface area contributed by atoms with Crippen LogP contribution in [-0.4, -0.2) is 11.5 Å². The molecule has 90 valence electrons. The number of anilines is 2. The van der Waals surface area contributed by atoms with E-state index >= 15 is 0 Å². The van der Waals surface area contributed by atoms with Gasteiger partial charge < -0.3 is 4.90 Å². The van der Waals surface area contributed by atoms with Crippen molar-refractivity contribution in [2.24, 2.45) is 0 Å². The number of rotatable bonds is 3. The predicted octanol–water partition coefficient (Wildman–Crippen LogP) is 3.25. The number of hydrogen-bond donors (Lipinski definition) is 0. The van der Waals surface area contributed by atoms with Gasteiger partial charge in [0.25, 0.3) is 0 Å². The van der Waals surface area contributed by atoms with Gasteiger partial charge in [-0.2, -0.15) is 5.26 Å². The van der Waals surface area contributed by atoms with Crippen LogP contribution in [0.4, 0.5) is 15.9 Å². The van der Waals surface area contributed by atoms with Crippen LogP contribution in [-0.2, 0) is 0 Å². The molecule has 0 saturated heterocycles. The molecule has 0 atom stereocenters. The van der Waals surface area contributed by atoms with E-state index < -0.39 is 0 Å². The fourth-order valence-corrected chi connectivity index (χ4v) is 1.76. The van der Waals surface area contributed by atoms with Crippen molar-refractivity contribution in [2.45, 2.75) is 6.92 Å². The molecule has 0 radical (unpaired) electrons. The normalized spacial score (nSPS) is 9.83. The molecule has 1 aromatic carbocycles. The lowest BCUT2D eigenvalue weighted by Crippen LogP contribution is -2.17. The van der Waals surface area contributed by atoms with Crippen LogP contribution in [0.2, 0.25) is 0 Å². The molecule has 0 aliphatic rings. The lowest BCUT2D eigenvalue weighted by Gasteiger charge is -2.22. The molecule has 1 heterocycles. The van der Waals surface area contributed by atoms with E-state index in [1.807, 2.05) is 17.9 Å². The van der Waals surface area contributed by atoms with Crippen molar-refractivity contribution in [1.82, 2.24) is 4.98 Å². The topological polar surface area (TPSA) is 39.9 Å². The summed E-state index contributed by atoms with van der Waals surface area (Å²) in [6.07, 6.45) is 1.58. The maximum atomic E-state index is 13.2. The average molecular weight is 241 g/mol. The Hall–Kier alpha value is -2.41. The SMILES string of the molecule is CCN(c1cccc(F)c1)c1cc(C#N)ccn1. The summed E-state index contributed by atoms with van der Waals surface area (Å²) in [6.45, 7) is 2.59. The zero-order valence-electron chi connectivity index (χ0n) is 9.97. The number of nitrogens with zero attached hydrogens (tertiary/aromatic N) is 3. The van der Waals surface area contributed by atoms with Crippen LogP contribution >= 0.6 is 0 Å². The van der Waals surface area contributed by atoms with E-state index in [1.165, 1.54) is 12.1 Å². The van der Waals surface area contributed by atoms with Gasteiger partial charge in [-0.25, -0.2) is 9.37 Å². The molecule has 18 heavy (non-hydrogen) atoms. The molecule has 0 aliphatic heterocycles. The molecule has 2 aromatic rings. The smallest absolute Gasteiger partial charge is 0.134 e. The summed E-state index contributed by atoms with van der Waals surface area (Å²) in [5.41, 5.74) is 1.26. The molecule has 4 heteroatoms. The number of aromatic nitrogens is 1. The Morgan fingerprint density at radius 2 is 2.17 bits per heavy atom. The molecule has 3 nitrogen and oxygen atoms in total. The van der Waals surface area contributed by atoms with Gasteiger partial charge in [0.1, 0.15) is 11.6 Å². The zero-order chi connectivity index (χ0) is 13.0. The van der Waals surface area contributed by atoms with E-state index in [-0.39, 0.29) is 5.82 Å². The number of hydrogen-bond acceptors (Lipinski definition) is 3. The summed E-state index contributed by atoms with van der Waals surface area (Å²) in [7, 11) is 0. The third-order valence-electron chi connectivity index (χ3n) is 2.59. The minimum absolute atomic E-state index is 0.289. The predicted molar refractivity (Wildman–Crippen MR) is 68.0 cm³/mol. The third-order valence-corrected chi connectivity index (χ3v) is 2.59. The van der Waals surface area contributed by atoms with Crippen LogP contribution in [0.3, 0.4) is 0 Å². The van der Waals surface area contributed by atoms with Gasteiger partial charge in [0.2, 0.25) is 0 Å². The summed E-state index contributed by atoms with van der Waals surface area (Å²) >= 11 is 0. The van der Waals surface area contributed by atoms with Crippen LogP contribution in [0.1, 0.15) is 12.5 Å². The Morgan fingerprint density at radius 3 is 2.83 bits per heavy atom. The molecular weight excluding hydrogens is 229 g/mol. The molecule has 0 spiro atoms. The average Bonchev–Trinajstić information content (AvgIpc) is 2.40. The lowest BCUT2D eigenvalue weighted by atomic mass is 10.2. The van der Waals surface area contributed by atoms with Crippen molar-refractivity contribution in [3.8, 4) is 6.07 Å². The number of halogens is 1. The largest absolute Gasteiger partial charge is 0.327 e. The molecule has 0 unspecified atom stereocenters. The minimum atomic E-state index is -0.289. The van der Waals surface area contributed by atoms with E-state index in [4.69, 9.17) is 5.26 Å². The Kier molecular flexibility index (Phi) is 3.54. The van der Waals surface area contributed by atoms with Gasteiger partial charge in [0.05, 0.1) is 11.6 Å². The Bertz CT molecular complexity index is 590. The third kappa shape index (κ3) is 2.46. The van der Waals surface area contributed by atoms with Gasteiger partial charge in [-0.1, -0.05) is 6.07 Å². The monoisotopic (exact) mass is 241 g/mol. The summed E-state index contributed by atoms with van der Waals surface area (Å²) in [5, 5.41) is 8.87. The molecule has 0 amide bonds. The first-order valence-corrected chi connectivity index (χ1v) is 5.64. The van der Waals surface area contributed by atoms with E-state index in [9.17, 15) is 4.39 Å². The van der Waals surface area contributed by atoms with E-state index in [2.05, 4.69) is 11.1 Å². The van der Waals surface area contributed by atoms with Crippen LogP contribution in [0.25, 0.3) is 0 Å². The standard InChI is InChI=1S/C14H12FN3/c1-2-18(13-5-3-4-12(15)9-13)14-8-11(10-16)6-7-17-14/h3-9H,2H2,1H3. The molecule has 0 saturated carbocycles. The van der Waals surface area contributed by atoms with Crippen molar-refractivity contribution >= 4 is 11.5 Å². The summed E-state index contributed by atoms with van der Waals surface area (Å²) in [6, 6.07) is 11.7. The Balaban J connectivity index is 2.42. The second-order valence-electron chi connectivity index (χ2n) is 3.74. The van der Waals surface area contributed by atoms with Crippen LogP contribution in [0.5, 0.6) is 0 Å². The van der Waals surface area contributed by atoms with Crippen LogP contribution in [0.15, 0.2) is 42.6 Å². The highest BCUT2D eigenvalue weighted by atomic mass is 19.1. The first-order valence-electron chi connectivity index (χ1n) is 5.64. The van der Waals surface area contributed by atoms with Gasteiger partial charge in [0.15, 0.2) is 0 Å². The maximum Gasteiger partial charge on any atom is 0.134 e. The first-order chi connectivity index (χ1) is 8.74. The molecule has 0 bridgehead atoms. The van der Waals surface area contributed by atoms with Crippen molar-refractivity contribution in [3.05, 3.63) is 54.0 Å². The van der Waals surface area contributed by atoms with Gasteiger partial charge >= 0.3 is 0 Å². The molecule has 2 rings (SSSR count). The number of nitriles is 1. The minimum Gasteiger partial charge on any atom is -0.327 e. The highest BCUT2D eigenvalue weighted by Gasteiger charge is 2.09. The molecule has 1 aromatic heterocycles. The van der Waals surface area contributed by atoms with Crippen LogP contribution in [0, 0.1) is 17.1 Å². The second-order valence-corrected chi connectivity index (χ2v) is 3.74. The Labute approximate surface area is 105 Å². The van der Waals surface area contributed by atoms with Crippen molar-refractivity contribution in [1.29, 1.82) is 5.26 Å². The fourth-order valence-electron chi connectivity index (χ4n) is 1.76. The highest BCUT2D eigenvalue weighted by molar-refractivity contribution is 5.61. The molecule has 0 fully saturated rings. The van der Waals surface area contributed by atoms with Crippen molar-refractivity contribution < 1.29 is 4.39 Å². The number of benzene rings is 1. The van der Waals surface area contributed by atoms with Crippen LogP contribution < -0.4 is 4.90 Å². The summed E-state index contributed by atoms with van der Waals surface area (Å²) < 4.78 is 13.2. The zero-order valence-corrected chi connectivity index (χ0v) is 9.97. The Morgan fingerprint density at radius 1 is 1.33 bits per heavy atom. The molecule has 0 N–H and O–H groups in total. The number of pyridine rings is 1. The highest BCUT2D eigenvalue weighted by Crippen LogP contribution is 2.24. The van der Waals surface area contributed by atoms with Crippen molar-refractivity contribution in [3.63, 3.8) is 0 Å². The van der Waals surface area contributed by atoms with Gasteiger partial charge in [-0.05, 0) is 37.3 Å². The lowest BCUT2D eigenvalue weighted by molar-refractivity contribution is 0.627. The fraction of sp³-hybridized carbons (Fsp3) is 0.143. The van der Waals surface area contributed by atoms with Gasteiger partial charge in [0, 0.05) is 18.4 Å². The van der Waals surface area contributed by atoms with E-state index in [0.29, 0.717) is 17.9 Å². The maximum absolute atomic E-state index is 13.2. The van der Waals surface area contributed by atoms with Gasteiger partial charge in [-0.15, -0.1) is 0 Å². The summed E-state index contributed by atoms with van der Waals surface area (Å²) in [4.78, 5) is 6.07. The quantitative estimate of drug-likeness (QED) is 0.828. The van der Waals surface area contributed by atoms with E-state index in [1.54, 1.807) is 24.4 Å². The van der Waals surface area contributed by atoms with E-state index in [0.717, 1.165) is 5.69 Å². The van der Waals surface area contributed by atoms with Gasteiger partial charge in [-0.3, -0.25) is 0 Å².